The number of ether oxygens (including phenoxy) is 1. The zero-order chi connectivity index (χ0) is 21.2. The van der Waals surface area contributed by atoms with Gasteiger partial charge in [0.05, 0.1) is 5.92 Å². The van der Waals surface area contributed by atoms with Gasteiger partial charge in [0.2, 0.25) is 0 Å². The first-order valence-corrected chi connectivity index (χ1v) is 11.2. The molecule has 3 rings (SSSR count). The fourth-order valence-corrected chi connectivity index (χ4v) is 4.03. The summed E-state index contributed by atoms with van der Waals surface area (Å²) in [5.41, 5.74) is 3.27. The second kappa shape index (κ2) is 11.4. The van der Waals surface area contributed by atoms with Crippen LogP contribution in [-0.2, 0) is 11.2 Å². The van der Waals surface area contributed by atoms with Crippen LogP contribution in [0.2, 0.25) is 0 Å². The molecule has 1 fully saturated rings. The Morgan fingerprint density at radius 2 is 1.60 bits per heavy atom. The number of hydrogen-bond donors (Lipinski definition) is 0. The molecule has 0 radical (unpaired) electrons. The summed E-state index contributed by atoms with van der Waals surface area (Å²) in [6.07, 6.45) is 10.6. The first-order chi connectivity index (χ1) is 14.7. The summed E-state index contributed by atoms with van der Waals surface area (Å²) >= 11 is 0. The molecule has 0 atom stereocenters. The maximum Gasteiger partial charge on any atom is 0.314 e. The Morgan fingerprint density at radius 1 is 1.00 bits per heavy atom. The van der Waals surface area contributed by atoms with E-state index in [-0.39, 0.29) is 11.9 Å². The molecule has 2 aromatic rings. The molecule has 0 aliphatic heterocycles. The fraction of sp³-hybridized carbons (Fsp3) is 0.393. The largest absolute Gasteiger partial charge is 0.426 e. The van der Waals surface area contributed by atoms with E-state index in [1.165, 1.54) is 12.0 Å². The lowest BCUT2D eigenvalue weighted by Gasteiger charge is -2.26. The molecule has 1 aliphatic rings. The highest BCUT2D eigenvalue weighted by atomic mass is 16.5. The number of benzene rings is 2. The van der Waals surface area contributed by atoms with Crippen LogP contribution < -0.4 is 4.74 Å². The van der Waals surface area contributed by atoms with E-state index in [1.807, 2.05) is 30.3 Å². The zero-order valence-electron chi connectivity index (χ0n) is 18.0. The summed E-state index contributed by atoms with van der Waals surface area (Å²) in [4.78, 5) is 12.5. The molecule has 0 aromatic heterocycles. The lowest BCUT2D eigenvalue weighted by molar-refractivity contribution is -0.140. The Morgan fingerprint density at radius 3 is 2.17 bits per heavy atom. The molecule has 0 saturated heterocycles. The molecule has 2 aromatic carbocycles. The van der Waals surface area contributed by atoms with Crippen molar-refractivity contribution in [3.8, 4) is 17.6 Å². The Balaban J connectivity index is 1.50. The molecule has 30 heavy (non-hydrogen) atoms. The van der Waals surface area contributed by atoms with Crippen molar-refractivity contribution >= 4 is 5.97 Å². The molecule has 0 N–H and O–H groups in total. The van der Waals surface area contributed by atoms with E-state index in [2.05, 4.69) is 49.6 Å². The quantitative estimate of drug-likeness (QED) is 0.223. The van der Waals surface area contributed by atoms with Crippen LogP contribution in [0.15, 0.2) is 61.2 Å². The SMILES string of the molecule is C=CCC[C@H]1CC[C@H](C(=O)Oc2ccc(C#Cc3ccc(CCC)cc3)cc2)CC1. The standard InChI is InChI=1S/C28H32O2/c1-3-5-7-23-14-18-26(19-15-23)28(29)30-27-20-16-25(17-21-27)13-12-24-10-8-22(6-4-2)9-11-24/h3,8-11,16-17,20-21,23,26H,1,4-7,14-15,18-19H2,2H3/t23-,26-. The number of hydrogen-bond acceptors (Lipinski definition) is 2. The van der Waals surface area contributed by atoms with Crippen molar-refractivity contribution in [2.75, 3.05) is 0 Å². The van der Waals surface area contributed by atoms with Gasteiger partial charge in [-0.25, -0.2) is 0 Å². The van der Waals surface area contributed by atoms with Crippen LogP contribution in [0.25, 0.3) is 0 Å². The van der Waals surface area contributed by atoms with Gasteiger partial charge in [-0.15, -0.1) is 6.58 Å². The average molecular weight is 401 g/mol. The molecule has 2 heteroatoms. The van der Waals surface area contributed by atoms with Crippen molar-refractivity contribution in [3.63, 3.8) is 0 Å². The van der Waals surface area contributed by atoms with Gasteiger partial charge in [-0.05, 0) is 92.8 Å². The van der Waals surface area contributed by atoms with Crippen LogP contribution in [0.5, 0.6) is 5.75 Å². The monoisotopic (exact) mass is 400 g/mol. The van der Waals surface area contributed by atoms with Crippen molar-refractivity contribution in [3.05, 3.63) is 77.9 Å². The fourth-order valence-electron chi connectivity index (χ4n) is 4.03. The Labute approximate surface area is 181 Å². The van der Waals surface area contributed by atoms with Gasteiger partial charge in [-0.1, -0.05) is 43.4 Å². The van der Waals surface area contributed by atoms with Gasteiger partial charge < -0.3 is 4.74 Å². The van der Waals surface area contributed by atoms with Crippen molar-refractivity contribution in [2.24, 2.45) is 11.8 Å². The first-order valence-electron chi connectivity index (χ1n) is 11.2. The molecular weight excluding hydrogens is 368 g/mol. The third-order valence-corrected chi connectivity index (χ3v) is 5.88. The van der Waals surface area contributed by atoms with Crippen LogP contribution >= 0.6 is 0 Å². The summed E-state index contributed by atoms with van der Waals surface area (Å²) in [6, 6.07) is 15.9. The van der Waals surface area contributed by atoms with Crippen LogP contribution in [0.4, 0.5) is 0 Å². The first kappa shape index (κ1) is 21.9. The third kappa shape index (κ3) is 6.63. The van der Waals surface area contributed by atoms with E-state index < -0.39 is 0 Å². The number of aryl methyl sites for hydroxylation is 1. The van der Waals surface area contributed by atoms with E-state index in [1.54, 1.807) is 0 Å². The molecular formula is C28H32O2. The highest BCUT2D eigenvalue weighted by Gasteiger charge is 2.27. The van der Waals surface area contributed by atoms with Crippen molar-refractivity contribution in [2.45, 2.75) is 58.3 Å². The van der Waals surface area contributed by atoms with Gasteiger partial charge in [0.1, 0.15) is 5.75 Å². The van der Waals surface area contributed by atoms with Gasteiger partial charge in [0.15, 0.2) is 0 Å². The molecule has 156 valence electrons. The highest BCUT2D eigenvalue weighted by molar-refractivity contribution is 5.75. The lowest BCUT2D eigenvalue weighted by Crippen LogP contribution is -2.25. The summed E-state index contributed by atoms with van der Waals surface area (Å²) in [5.74, 6) is 7.64. The number of allylic oxidation sites excluding steroid dienone is 1. The molecule has 0 bridgehead atoms. The molecule has 0 amide bonds. The van der Waals surface area contributed by atoms with Crippen LogP contribution in [-0.4, -0.2) is 5.97 Å². The molecule has 1 saturated carbocycles. The summed E-state index contributed by atoms with van der Waals surface area (Å²) < 4.78 is 5.62. The second-order valence-electron chi connectivity index (χ2n) is 8.23. The van der Waals surface area contributed by atoms with E-state index >= 15 is 0 Å². The maximum atomic E-state index is 12.5. The van der Waals surface area contributed by atoms with Gasteiger partial charge in [0, 0.05) is 11.1 Å². The lowest BCUT2D eigenvalue weighted by atomic mass is 9.80. The van der Waals surface area contributed by atoms with Crippen LogP contribution in [0, 0.1) is 23.7 Å². The molecule has 0 unspecified atom stereocenters. The minimum Gasteiger partial charge on any atom is -0.426 e. The molecule has 0 heterocycles. The van der Waals surface area contributed by atoms with E-state index in [4.69, 9.17) is 4.74 Å². The minimum absolute atomic E-state index is 0.0279. The zero-order valence-corrected chi connectivity index (χ0v) is 18.0. The highest BCUT2D eigenvalue weighted by Crippen LogP contribution is 2.32. The summed E-state index contributed by atoms with van der Waals surface area (Å²) in [6.45, 7) is 5.98. The van der Waals surface area contributed by atoms with Gasteiger partial charge >= 0.3 is 5.97 Å². The van der Waals surface area contributed by atoms with Crippen molar-refractivity contribution in [1.82, 2.24) is 0 Å². The number of carbonyl (C=O) groups is 1. The van der Waals surface area contributed by atoms with Gasteiger partial charge in [-0.2, -0.15) is 0 Å². The topological polar surface area (TPSA) is 26.3 Å². The maximum absolute atomic E-state index is 12.5. The van der Waals surface area contributed by atoms with Gasteiger partial charge in [-0.3, -0.25) is 4.79 Å². The summed E-state index contributed by atoms with van der Waals surface area (Å²) in [5, 5.41) is 0. The molecule has 0 spiro atoms. The van der Waals surface area contributed by atoms with E-state index in [0.29, 0.717) is 5.75 Å². The predicted octanol–water partition coefficient (Wildman–Crippen LogP) is 6.72. The molecule has 2 nitrogen and oxygen atoms in total. The van der Waals surface area contributed by atoms with Gasteiger partial charge in [0.25, 0.3) is 0 Å². The van der Waals surface area contributed by atoms with Crippen molar-refractivity contribution in [1.29, 1.82) is 0 Å². The Bertz CT molecular complexity index is 873. The summed E-state index contributed by atoms with van der Waals surface area (Å²) in [7, 11) is 0. The normalized spacial score (nSPS) is 18.2. The van der Waals surface area contributed by atoms with E-state index in [0.717, 1.165) is 62.0 Å². The van der Waals surface area contributed by atoms with Crippen molar-refractivity contribution < 1.29 is 9.53 Å². The smallest absolute Gasteiger partial charge is 0.314 e. The van der Waals surface area contributed by atoms with E-state index in [9.17, 15) is 4.79 Å². The average Bonchev–Trinajstić information content (AvgIpc) is 2.79. The van der Waals surface area contributed by atoms with Crippen LogP contribution in [0.1, 0.15) is 68.6 Å². The minimum atomic E-state index is -0.0943. The van der Waals surface area contributed by atoms with Crippen LogP contribution in [0.3, 0.4) is 0 Å². The Kier molecular flexibility index (Phi) is 8.33. The Hall–Kier alpha value is -2.79. The number of rotatable bonds is 7. The second-order valence-corrected chi connectivity index (χ2v) is 8.23. The number of carbonyl (C=O) groups excluding carboxylic acids is 1. The third-order valence-electron chi connectivity index (χ3n) is 5.88. The predicted molar refractivity (Wildman–Crippen MR) is 123 cm³/mol. The number of esters is 1. The molecule has 1 aliphatic carbocycles.